The van der Waals surface area contributed by atoms with Gasteiger partial charge in [-0.25, -0.2) is 9.78 Å². The van der Waals surface area contributed by atoms with E-state index in [1.165, 1.54) is 30.3 Å². The average molecular weight is 280 g/mol. The number of nitrogens with zero attached hydrogens (tertiary/aromatic N) is 1. The Hall–Kier alpha value is -1.69. The maximum atomic E-state index is 11.8. The molecule has 6 heteroatoms. The van der Waals surface area contributed by atoms with E-state index in [0.29, 0.717) is 22.3 Å². The van der Waals surface area contributed by atoms with Crippen molar-refractivity contribution < 1.29 is 14.7 Å². The summed E-state index contributed by atoms with van der Waals surface area (Å²) in [6, 6.07) is 0. The van der Waals surface area contributed by atoms with E-state index in [9.17, 15) is 9.59 Å². The fourth-order valence-corrected chi connectivity index (χ4v) is 2.96. The Balaban J connectivity index is 1.85. The molecule has 0 aliphatic heterocycles. The number of aromatic nitrogens is 1. The van der Waals surface area contributed by atoms with Gasteiger partial charge in [0.05, 0.1) is 0 Å². The van der Waals surface area contributed by atoms with Gasteiger partial charge >= 0.3 is 5.97 Å². The van der Waals surface area contributed by atoms with Crippen molar-refractivity contribution in [2.75, 3.05) is 5.32 Å². The summed E-state index contributed by atoms with van der Waals surface area (Å²) in [4.78, 5) is 26.9. The number of carboxylic acids is 1. The number of aliphatic carboxylic acids is 1. The molecule has 0 bridgehead atoms. The SMILES string of the molecule is O=C(O)/C=C/c1cnc(NC(=O)CC2CCCC2)s1. The van der Waals surface area contributed by atoms with E-state index in [2.05, 4.69) is 10.3 Å². The largest absolute Gasteiger partial charge is 0.478 e. The van der Waals surface area contributed by atoms with Crippen LogP contribution in [-0.4, -0.2) is 22.0 Å². The maximum Gasteiger partial charge on any atom is 0.328 e. The monoisotopic (exact) mass is 280 g/mol. The molecule has 1 saturated carbocycles. The van der Waals surface area contributed by atoms with Gasteiger partial charge in [0.25, 0.3) is 0 Å². The molecule has 1 fully saturated rings. The fraction of sp³-hybridized carbons (Fsp3) is 0.462. The molecule has 1 aromatic rings. The third-order valence-electron chi connectivity index (χ3n) is 3.11. The summed E-state index contributed by atoms with van der Waals surface area (Å²) in [5.74, 6) is -0.499. The lowest BCUT2D eigenvalue weighted by Gasteiger charge is -2.07. The topological polar surface area (TPSA) is 79.3 Å². The van der Waals surface area contributed by atoms with Crippen molar-refractivity contribution in [1.82, 2.24) is 4.98 Å². The third-order valence-corrected chi connectivity index (χ3v) is 3.99. The highest BCUT2D eigenvalue weighted by Gasteiger charge is 2.18. The normalized spacial score (nSPS) is 16.0. The van der Waals surface area contributed by atoms with Gasteiger partial charge < -0.3 is 10.4 Å². The predicted octanol–water partition coefficient (Wildman–Crippen LogP) is 2.76. The van der Waals surface area contributed by atoms with Gasteiger partial charge in [0.15, 0.2) is 5.13 Å². The number of amides is 1. The van der Waals surface area contributed by atoms with Crippen LogP contribution in [0.5, 0.6) is 0 Å². The maximum absolute atomic E-state index is 11.8. The van der Waals surface area contributed by atoms with Crippen LogP contribution in [0.2, 0.25) is 0 Å². The zero-order chi connectivity index (χ0) is 13.7. The quantitative estimate of drug-likeness (QED) is 0.813. The molecule has 0 spiro atoms. The van der Waals surface area contributed by atoms with Crippen LogP contribution in [-0.2, 0) is 9.59 Å². The zero-order valence-corrected chi connectivity index (χ0v) is 11.3. The lowest BCUT2D eigenvalue weighted by atomic mass is 10.0. The minimum Gasteiger partial charge on any atom is -0.478 e. The highest BCUT2D eigenvalue weighted by Crippen LogP contribution is 2.28. The first-order valence-corrected chi connectivity index (χ1v) is 7.12. The highest BCUT2D eigenvalue weighted by atomic mass is 32.1. The van der Waals surface area contributed by atoms with E-state index in [1.54, 1.807) is 6.20 Å². The summed E-state index contributed by atoms with van der Waals surface area (Å²) in [5, 5.41) is 11.8. The number of carbonyl (C=O) groups excluding carboxylic acids is 1. The van der Waals surface area contributed by atoms with E-state index >= 15 is 0 Å². The third kappa shape index (κ3) is 4.48. The average Bonchev–Trinajstić information content (AvgIpc) is 2.98. The number of nitrogens with one attached hydrogen (secondary N) is 1. The van der Waals surface area contributed by atoms with Crippen molar-refractivity contribution in [3.63, 3.8) is 0 Å². The molecule has 0 radical (unpaired) electrons. The van der Waals surface area contributed by atoms with E-state index in [1.807, 2.05) is 0 Å². The summed E-state index contributed by atoms with van der Waals surface area (Å²) in [6.07, 6.45) is 9.34. The number of thiazole rings is 1. The first kappa shape index (κ1) is 13.7. The number of rotatable bonds is 5. The van der Waals surface area contributed by atoms with Crippen molar-refractivity contribution >= 4 is 34.4 Å². The van der Waals surface area contributed by atoms with Crippen LogP contribution in [0.3, 0.4) is 0 Å². The molecule has 1 heterocycles. The Labute approximate surface area is 115 Å². The molecule has 2 N–H and O–H groups in total. The molecule has 1 aromatic heterocycles. The summed E-state index contributed by atoms with van der Waals surface area (Å²) in [7, 11) is 0. The van der Waals surface area contributed by atoms with E-state index in [-0.39, 0.29) is 5.91 Å². The summed E-state index contributed by atoms with van der Waals surface area (Å²) in [6.45, 7) is 0. The van der Waals surface area contributed by atoms with Crippen LogP contribution >= 0.6 is 11.3 Å². The first-order valence-electron chi connectivity index (χ1n) is 6.30. The smallest absolute Gasteiger partial charge is 0.328 e. The van der Waals surface area contributed by atoms with Crippen molar-refractivity contribution in [1.29, 1.82) is 0 Å². The lowest BCUT2D eigenvalue weighted by molar-refractivity contribution is -0.131. The molecule has 1 aliphatic carbocycles. The van der Waals surface area contributed by atoms with Crippen LogP contribution in [0.15, 0.2) is 12.3 Å². The molecule has 2 rings (SSSR count). The predicted molar refractivity (Wildman–Crippen MR) is 74.0 cm³/mol. The molecule has 102 valence electrons. The number of carbonyl (C=O) groups is 2. The molecular formula is C13H16N2O3S. The van der Waals surface area contributed by atoms with Crippen LogP contribution in [0.25, 0.3) is 6.08 Å². The van der Waals surface area contributed by atoms with E-state index in [4.69, 9.17) is 5.11 Å². The Morgan fingerprint density at radius 1 is 1.47 bits per heavy atom. The number of hydrogen-bond acceptors (Lipinski definition) is 4. The molecule has 5 nitrogen and oxygen atoms in total. The van der Waals surface area contributed by atoms with Crippen LogP contribution < -0.4 is 5.32 Å². The molecule has 0 aromatic carbocycles. The van der Waals surface area contributed by atoms with Gasteiger partial charge in [0.1, 0.15) is 0 Å². The minimum atomic E-state index is -1.000. The molecule has 0 atom stereocenters. The van der Waals surface area contributed by atoms with E-state index < -0.39 is 5.97 Å². The van der Waals surface area contributed by atoms with Gasteiger partial charge in [-0.1, -0.05) is 24.2 Å². The first-order chi connectivity index (χ1) is 9.13. The van der Waals surface area contributed by atoms with Gasteiger partial charge in [-0.3, -0.25) is 4.79 Å². The zero-order valence-electron chi connectivity index (χ0n) is 10.5. The Morgan fingerprint density at radius 3 is 2.89 bits per heavy atom. The molecule has 19 heavy (non-hydrogen) atoms. The van der Waals surface area contributed by atoms with Gasteiger partial charge in [0, 0.05) is 23.6 Å². The van der Waals surface area contributed by atoms with Gasteiger partial charge in [0.2, 0.25) is 5.91 Å². The fourth-order valence-electron chi connectivity index (χ4n) is 2.22. The lowest BCUT2D eigenvalue weighted by Crippen LogP contribution is -2.14. The second-order valence-electron chi connectivity index (χ2n) is 4.64. The summed E-state index contributed by atoms with van der Waals surface area (Å²) in [5.41, 5.74) is 0. The van der Waals surface area contributed by atoms with Crippen molar-refractivity contribution in [2.24, 2.45) is 5.92 Å². The molecule has 1 amide bonds. The number of anilines is 1. The summed E-state index contributed by atoms with van der Waals surface area (Å²) < 4.78 is 0. The molecule has 1 aliphatic rings. The Morgan fingerprint density at radius 2 is 2.21 bits per heavy atom. The molecule has 0 saturated heterocycles. The van der Waals surface area contributed by atoms with Crippen LogP contribution in [0, 0.1) is 5.92 Å². The van der Waals surface area contributed by atoms with Crippen molar-refractivity contribution in [3.8, 4) is 0 Å². The number of carboxylic acid groups (broad SMARTS) is 1. The Kier molecular flexibility index (Phi) is 4.68. The summed E-state index contributed by atoms with van der Waals surface area (Å²) >= 11 is 1.27. The van der Waals surface area contributed by atoms with E-state index in [0.717, 1.165) is 18.9 Å². The standard InChI is InChI=1S/C13H16N2O3S/c16-11(7-9-3-1-2-4-9)15-13-14-8-10(19-13)5-6-12(17)18/h5-6,8-9H,1-4,7H2,(H,17,18)(H,14,15,16)/b6-5+. The van der Waals surface area contributed by atoms with Crippen LogP contribution in [0.4, 0.5) is 5.13 Å². The van der Waals surface area contributed by atoms with Gasteiger partial charge in [-0.2, -0.15) is 0 Å². The highest BCUT2D eigenvalue weighted by molar-refractivity contribution is 7.16. The van der Waals surface area contributed by atoms with Gasteiger partial charge in [-0.15, -0.1) is 0 Å². The molecule has 0 unspecified atom stereocenters. The number of hydrogen-bond donors (Lipinski definition) is 2. The van der Waals surface area contributed by atoms with Crippen molar-refractivity contribution in [2.45, 2.75) is 32.1 Å². The molecular weight excluding hydrogens is 264 g/mol. The van der Waals surface area contributed by atoms with Crippen molar-refractivity contribution in [3.05, 3.63) is 17.2 Å². The minimum absolute atomic E-state index is 0.00462. The van der Waals surface area contributed by atoms with Gasteiger partial charge in [-0.05, 0) is 24.8 Å². The van der Waals surface area contributed by atoms with Crippen LogP contribution in [0.1, 0.15) is 37.0 Å². The second kappa shape index (κ2) is 6.47. The Bertz CT molecular complexity index is 490. The second-order valence-corrected chi connectivity index (χ2v) is 5.70.